The van der Waals surface area contributed by atoms with Gasteiger partial charge in [0, 0.05) is 24.6 Å². The van der Waals surface area contributed by atoms with Gasteiger partial charge in [0.2, 0.25) is 0 Å². The summed E-state index contributed by atoms with van der Waals surface area (Å²) in [5, 5.41) is 0.278. The molecule has 2 rings (SSSR count). The number of aromatic amines is 1. The molecular weight excluding hydrogens is 226 g/mol. The Morgan fingerprint density at radius 2 is 2.31 bits per heavy atom. The predicted octanol–water partition coefficient (Wildman–Crippen LogP) is 1.62. The minimum Gasteiger partial charge on any atom is -0.310 e. The number of H-pyrrole nitrogens is 1. The third-order valence-electron chi connectivity index (χ3n) is 3.31. The van der Waals surface area contributed by atoms with Crippen molar-refractivity contribution in [3.8, 4) is 0 Å². The Morgan fingerprint density at radius 1 is 1.56 bits per heavy atom. The van der Waals surface area contributed by atoms with E-state index in [1.165, 1.54) is 6.07 Å². The van der Waals surface area contributed by atoms with E-state index in [9.17, 15) is 4.79 Å². The van der Waals surface area contributed by atoms with Crippen LogP contribution in [0.2, 0.25) is 5.15 Å². The molecule has 1 saturated heterocycles. The highest BCUT2D eigenvalue weighted by molar-refractivity contribution is 6.29. The Hall–Kier alpha value is -0.870. The minimum atomic E-state index is -0.170. The van der Waals surface area contributed by atoms with E-state index in [2.05, 4.69) is 28.8 Å². The van der Waals surface area contributed by atoms with Gasteiger partial charge in [-0.05, 0) is 26.8 Å². The third-order valence-corrected chi connectivity index (χ3v) is 3.50. The average Bonchev–Trinajstić information content (AvgIpc) is 2.20. The van der Waals surface area contributed by atoms with Gasteiger partial charge in [0.05, 0.1) is 0 Å². The number of likely N-dealkylation sites (N-methyl/N-ethyl adjacent to an activating group) is 1. The van der Waals surface area contributed by atoms with Crippen LogP contribution in [-0.2, 0) is 0 Å². The maximum Gasteiger partial charge on any atom is 0.252 e. The highest BCUT2D eigenvalue weighted by Crippen LogP contribution is 2.26. The molecule has 0 bridgehead atoms. The van der Waals surface area contributed by atoms with E-state index in [0.29, 0.717) is 6.04 Å². The van der Waals surface area contributed by atoms with Crippen LogP contribution in [0.25, 0.3) is 0 Å². The molecule has 2 atom stereocenters. The van der Waals surface area contributed by atoms with Crippen LogP contribution >= 0.6 is 11.6 Å². The molecule has 0 aliphatic carbocycles. The molecule has 0 radical (unpaired) electrons. The second kappa shape index (κ2) is 4.55. The lowest BCUT2D eigenvalue weighted by molar-refractivity contribution is 0.177. The molecule has 4 nitrogen and oxygen atoms in total. The van der Waals surface area contributed by atoms with Crippen molar-refractivity contribution in [2.75, 3.05) is 13.6 Å². The zero-order valence-corrected chi connectivity index (χ0v) is 10.3. The number of likely N-dealkylation sites (tertiary alicyclic amines) is 1. The summed E-state index contributed by atoms with van der Waals surface area (Å²) >= 11 is 5.79. The van der Waals surface area contributed by atoms with Crippen LogP contribution in [-0.4, -0.2) is 34.5 Å². The van der Waals surface area contributed by atoms with Gasteiger partial charge >= 0.3 is 0 Å². The zero-order chi connectivity index (χ0) is 11.7. The van der Waals surface area contributed by atoms with Gasteiger partial charge in [0.25, 0.3) is 5.56 Å². The Labute approximate surface area is 99.6 Å². The van der Waals surface area contributed by atoms with Crippen LogP contribution in [0.4, 0.5) is 0 Å². The van der Waals surface area contributed by atoms with E-state index in [4.69, 9.17) is 11.6 Å². The van der Waals surface area contributed by atoms with Crippen LogP contribution in [0, 0.1) is 0 Å². The van der Waals surface area contributed by atoms with Crippen molar-refractivity contribution in [1.29, 1.82) is 0 Å². The van der Waals surface area contributed by atoms with Crippen LogP contribution < -0.4 is 5.56 Å². The fraction of sp³-hybridized carbons (Fsp3) is 0.636. The summed E-state index contributed by atoms with van der Waals surface area (Å²) in [5.41, 5.74) is -0.170. The highest BCUT2D eigenvalue weighted by Gasteiger charge is 2.25. The van der Waals surface area contributed by atoms with Crippen molar-refractivity contribution in [2.45, 2.75) is 31.7 Å². The number of rotatable bonds is 1. The topological polar surface area (TPSA) is 49.0 Å². The summed E-state index contributed by atoms with van der Waals surface area (Å²) in [6, 6.07) is 1.90. The molecule has 0 amide bonds. The van der Waals surface area contributed by atoms with Gasteiger partial charge < -0.3 is 9.88 Å². The van der Waals surface area contributed by atoms with Gasteiger partial charge in [-0.25, -0.2) is 4.98 Å². The zero-order valence-electron chi connectivity index (χ0n) is 9.53. The summed E-state index contributed by atoms with van der Waals surface area (Å²) in [5.74, 6) is 1.00. The Balaban J connectivity index is 2.21. The molecule has 1 aliphatic heterocycles. The standard InChI is InChI=1S/C11H16ClN3O/c1-7-3-4-8(6-15(7)2)11-13-9(12)5-10(16)14-11/h5,7-8H,3-4,6H2,1-2H3,(H,13,14,16). The maximum atomic E-state index is 11.3. The summed E-state index contributed by atoms with van der Waals surface area (Å²) in [6.45, 7) is 3.13. The lowest BCUT2D eigenvalue weighted by atomic mass is 9.93. The molecule has 5 heteroatoms. The number of hydrogen-bond acceptors (Lipinski definition) is 3. The number of nitrogens with one attached hydrogen (secondary N) is 1. The van der Waals surface area contributed by atoms with Crippen molar-refractivity contribution in [3.63, 3.8) is 0 Å². The van der Waals surface area contributed by atoms with Crippen LogP contribution in [0.3, 0.4) is 0 Å². The normalized spacial score (nSPS) is 26.9. The number of piperidine rings is 1. The van der Waals surface area contributed by atoms with Gasteiger partial charge in [0.1, 0.15) is 11.0 Å². The smallest absolute Gasteiger partial charge is 0.252 e. The quantitative estimate of drug-likeness (QED) is 0.761. The second-order valence-electron chi connectivity index (χ2n) is 4.52. The van der Waals surface area contributed by atoms with Crippen LogP contribution in [0.1, 0.15) is 31.5 Å². The van der Waals surface area contributed by atoms with E-state index < -0.39 is 0 Å². The fourth-order valence-corrected chi connectivity index (χ4v) is 2.33. The molecule has 0 spiro atoms. The molecule has 1 N–H and O–H groups in total. The Kier molecular flexibility index (Phi) is 3.30. The summed E-state index contributed by atoms with van der Waals surface area (Å²) in [6.07, 6.45) is 2.17. The fourth-order valence-electron chi connectivity index (χ4n) is 2.14. The number of aromatic nitrogens is 2. The molecule has 0 saturated carbocycles. The Morgan fingerprint density at radius 3 is 2.94 bits per heavy atom. The first-order valence-electron chi connectivity index (χ1n) is 5.53. The number of hydrogen-bond donors (Lipinski definition) is 1. The van der Waals surface area contributed by atoms with E-state index in [1.54, 1.807) is 0 Å². The largest absolute Gasteiger partial charge is 0.310 e. The molecule has 0 aromatic carbocycles. The van der Waals surface area contributed by atoms with Crippen LogP contribution in [0.5, 0.6) is 0 Å². The number of halogens is 1. The van der Waals surface area contributed by atoms with E-state index in [-0.39, 0.29) is 16.6 Å². The van der Waals surface area contributed by atoms with E-state index in [1.807, 2.05) is 0 Å². The molecule has 88 valence electrons. The molecule has 1 aliphatic rings. The van der Waals surface area contributed by atoms with Crippen LogP contribution in [0.15, 0.2) is 10.9 Å². The molecule has 2 unspecified atom stereocenters. The third kappa shape index (κ3) is 2.44. The molecule has 1 aromatic heterocycles. The molecule has 1 fully saturated rings. The monoisotopic (exact) mass is 241 g/mol. The average molecular weight is 242 g/mol. The molecule has 16 heavy (non-hydrogen) atoms. The molecule has 1 aromatic rings. The van der Waals surface area contributed by atoms with Gasteiger partial charge in [-0.2, -0.15) is 0 Å². The lowest BCUT2D eigenvalue weighted by Crippen LogP contribution is -2.38. The summed E-state index contributed by atoms with van der Waals surface area (Å²) in [7, 11) is 2.10. The van der Waals surface area contributed by atoms with Gasteiger partial charge in [-0.3, -0.25) is 4.79 Å². The first-order chi connectivity index (χ1) is 7.56. The highest BCUT2D eigenvalue weighted by atomic mass is 35.5. The SMILES string of the molecule is CC1CCC(c2nc(Cl)cc(=O)[nH]2)CN1C. The first kappa shape index (κ1) is 11.6. The van der Waals surface area contributed by atoms with Crippen molar-refractivity contribution in [1.82, 2.24) is 14.9 Å². The van der Waals surface area contributed by atoms with Crippen molar-refractivity contribution in [3.05, 3.63) is 27.4 Å². The summed E-state index contributed by atoms with van der Waals surface area (Å²) < 4.78 is 0. The van der Waals surface area contributed by atoms with E-state index in [0.717, 1.165) is 25.2 Å². The van der Waals surface area contributed by atoms with Crippen molar-refractivity contribution < 1.29 is 0 Å². The second-order valence-corrected chi connectivity index (χ2v) is 4.90. The summed E-state index contributed by atoms with van der Waals surface area (Å²) in [4.78, 5) is 20.6. The van der Waals surface area contributed by atoms with Gasteiger partial charge in [-0.15, -0.1) is 0 Å². The van der Waals surface area contributed by atoms with E-state index >= 15 is 0 Å². The molecule has 2 heterocycles. The van der Waals surface area contributed by atoms with Crippen molar-refractivity contribution >= 4 is 11.6 Å². The molecular formula is C11H16ClN3O. The van der Waals surface area contributed by atoms with Gasteiger partial charge in [-0.1, -0.05) is 11.6 Å². The van der Waals surface area contributed by atoms with Gasteiger partial charge in [0.15, 0.2) is 0 Å². The minimum absolute atomic E-state index is 0.170. The maximum absolute atomic E-state index is 11.3. The Bertz CT molecular complexity index is 431. The number of nitrogens with zero attached hydrogens (tertiary/aromatic N) is 2. The first-order valence-corrected chi connectivity index (χ1v) is 5.91. The van der Waals surface area contributed by atoms with Crippen molar-refractivity contribution in [2.24, 2.45) is 0 Å². The lowest BCUT2D eigenvalue weighted by Gasteiger charge is -2.34. The predicted molar refractivity (Wildman–Crippen MR) is 63.9 cm³/mol.